The van der Waals surface area contributed by atoms with Crippen LogP contribution in [0.4, 0.5) is 0 Å². The van der Waals surface area contributed by atoms with Crippen LogP contribution in [0.3, 0.4) is 0 Å². The van der Waals surface area contributed by atoms with Crippen LogP contribution in [0, 0.1) is 0 Å². The molecule has 0 nitrogen and oxygen atoms in total. The zero-order valence-corrected chi connectivity index (χ0v) is 33.1. The summed E-state index contributed by atoms with van der Waals surface area (Å²) in [6, 6.07) is 0. The molecular formula is C40H86BrP. The zero-order chi connectivity index (χ0) is 30.0. The van der Waals surface area contributed by atoms with Crippen LogP contribution in [0.25, 0.3) is 0 Å². The zero-order valence-electron chi connectivity index (χ0n) is 30.4. The van der Waals surface area contributed by atoms with Crippen molar-refractivity contribution in [2.75, 3.05) is 24.6 Å². The molecule has 0 fully saturated rings. The molecule has 2 heteroatoms. The van der Waals surface area contributed by atoms with E-state index in [1.807, 2.05) is 0 Å². The van der Waals surface area contributed by atoms with E-state index in [0.29, 0.717) is 0 Å². The van der Waals surface area contributed by atoms with E-state index >= 15 is 0 Å². The fourth-order valence-electron chi connectivity index (χ4n) is 7.29. The Morgan fingerprint density at radius 1 is 0.214 bits per heavy atom. The predicted molar refractivity (Wildman–Crippen MR) is 209 cm³/mol. The Morgan fingerprint density at radius 2 is 0.357 bits per heavy atom. The first kappa shape index (κ1) is 45.0. The number of hydrogen-bond donors (Lipinski definition) is 0. The molecule has 0 aromatic rings. The molecule has 0 aromatic carbocycles. The van der Waals surface area contributed by atoms with E-state index in [2.05, 4.69) is 27.7 Å². The molecule has 0 spiro atoms. The Morgan fingerprint density at radius 3 is 0.524 bits per heavy atom. The van der Waals surface area contributed by atoms with Crippen LogP contribution >= 0.6 is 24.2 Å². The molecule has 0 saturated heterocycles. The molecule has 0 saturated carbocycles. The van der Waals surface area contributed by atoms with Crippen molar-refractivity contribution in [1.29, 1.82) is 0 Å². The molecule has 0 rings (SSSR count). The first-order chi connectivity index (χ1) is 20.2. The van der Waals surface area contributed by atoms with Crippen LogP contribution in [-0.4, -0.2) is 24.6 Å². The maximum absolute atomic E-state index is 2.36. The summed E-state index contributed by atoms with van der Waals surface area (Å²) in [6.07, 6.45) is 54.4. The van der Waals surface area contributed by atoms with Crippen molar-refractivity contribution in [2.45, 2.75) is 233 Å². The van der Waals surface area contributed by atoms with Crippen molar-refractivity contribution >= 4 is 24.2 Å². The van der Waals surface area contributed by atoms with Crippen LogP contribution in [-0.2, 0) is 0 Å². The minimum absolute atomic E-state index is 0. The van der Waals surface area contributed by atoms with Gasteiger partial charge in [-0.1, -0.05) is 26.2 Å². The topological polar surface area (TPSA) is 0 Å². The van der Waals surface area contributed by atoms with E-state index in [1.165, 1.54) is 180 Å². The van der Waals surface area contributed by atoms with Gasteiger partial charge in [-0.25, -0.2) is 0 Å². The Hall–Kier alpha value is 0.910. The molecule has 0 aliphatic rings. The molecule has 0 aromatic heterocycles. The average molecular weight is 678 g/mol. The maximum atomic E-state index is 2.36. The van der Waals surface area contributed by atoms with Crippen molar-refractivity contribution in [3.63, 3.8) is 0 Å². The molecule has 0 heterocycles. The van der Waals surface area contributed by atoms with Crippen LogP contribution in [0.15, 0.2) is 0 Å². The summed E-state index contributed by atoms with van der Waals surface area (Å²) in [5.74, 6) is 0. The van der Waals surface area contributed by atoms with Crippen LogP contribution in [0.2, 0.25) is 0 Å². The van der Waals surface area contributed by atoms with Crippen molar-refractivity contribution in [3.8, 4) is 0 Å². The Bertz CT molecular complexity index is 424. The van der Waals surface area contributed by atoms with Gasteiger partial charge in [-0.05, 0) is 0 Å². The van der Waals surface area contributed by atoms with Gasteiger partial charge in [0.2, 0.25) is 0 Å². The third-order valence-corrected chi connectivity index (χ3v) is 15.9. The second-order valence-electron chi connectivity index (χ2n) is 14.4. The average Bonchev–Trinajstić information content (AvgIpc) is 2.98. The third kappa shape index (κ3) is 32.3. The van der Waals surface area contributed by atoms with Gasteiger partial charge in [0.05, 0.1) is 0 Å². The van der Waals surface area contributed by atoms with Gasteiger partial charge in [0.25, 0.3) is 0 Å². The first-order valence-electron chi connectivity index (χ1n) is 20.2. The normalized spacial score (nSPS) is 12.1. The fourth-order valence-corrected chi connectivity index (χ4v) is 12.8. The van der Waals surface area contributed by atoms with Crippen LogP contribution in [0.5, 0.6) is 0 Å². The number of rotatable bonds is 36. The summed E-state index contributed by atoms with van der Waals surface area (Å²) in [6.45, 7) is 9.39. The van der Waals surface area contributed by atoms with E-state index < -0.39 is 7.26 Å². The van der Waals surface area contributed by atoms with Gasteiger partial charge in [0, 0.05) is 0 Å². The van der Waals surface area contributed by atoms with Gasteiger partial charge in [-0.3, -0.25) is 0 Å². The van der Waals surface area contributed by atoms with Crippen molar-refractivity contribution in [2.24, 2.45) is 0 Å². The van der Waals surface area contributed by atoms with Crippen LogP contribution < -0.4 is 0 Å². The first-order valence-corrected chi connectivity index (χ1v) is 23.1. The van der Waals surface area contributed by atoms with E-state index in [4.69, 9.17) is 0 Å². The van der Waals surface area contributed by atoms with Crippen molar-refractivity contribution in [1.82, 2.24) is 0 Å². The van der Waals surface area contributed by atoms with Crippen molar-refractivity contribution < 1.29 is 0 Å². The molecule has 0 unspecified atom stereocenters. The number of hydrogen-bond acceptors (Lipinski definition) is 0. The third-order valence-electron chi connectivity index (χ3n) is 10.2. The molecule has 0 amide bonds. The van der Waals surface area contributed by atoms with Gasteiger partial charge < -0.3 is 0 Å². The quantitative estimate of drug-likeness (QED) is 0.0457. The van der Waals surface area contributed by atoms with E-state index in [9.17, 15) is 0 Å². The van der Waals surface area contributed by atoms with Gasteiger partial charge in [-0.2, -0.15) is 0 Å². The Labute approximate surface area is 281 Å². The monoisotopic (exact) mass is 677 g/mol. The molecular weight excluding hydrogens is 591 g/mol. The van der Waals surface area contributed by atoms with Gasteiger partial charge in [0.15, 0.2) is 0 Å². The standard InChI is InChI=1S/C40H85P.BrH/c1-5-9-13-17-21-22-23-24-25-26-27-28-32-36-40-41(37-33-29-18-14-10-6-2,38-34-30-19-15-11-7-3)39-35-31-20-16-12-8-4;/h41H,5-40H2,1-4H3;1H. The Kier molecular flexibility index (Phi) is 40.8. The second kappa shape index (κ2) is 38.1. The second-order valence-corrected chi connectivity index (χ2v) is 19.4. The molecule has 0 N–H and O–H groups in total. The number of unbranched alkanes of at least 4 members (excludes halogenated alkanes) is 28. The van der Waals surface area contributed by atoms with E-state index in [1.54, 1.807) is 50.3 Å². The van der Waals surface area contributed by atoms with E-state index in [0.717, 1.165) is 0 Å². The van der Waals surface area contributed by atoms with Crippen LogP contribution in [0.1, 0.15) is 233 Å². The molecule has 0 aliphatic heterocycles. The summed E-state index contributed by atoms with van der Waals surface area (Å²) in [5, 5.41) is 0. The fraction of sp³-hybridized carbons (Fsp3) is 1.00. The summed E-state index contributed by atoms with van der Waals surface area (Å²) < 4.78 is 0. The van der Waals surface area contributed by atoms with Gasteiger partial charge in [0.1, 0.15) is 0 Å². The Balaban J connectivity index is 0. The molecule has 0 atom stereocenters. The molecule has 0 bridgehead atoms. The van der Waals surface area contributed by atoms with Gasteiger partial charge in [-0.15, -0.1) is 17.0 Å². The molecule has 0 aliphatic carbocycles. The predicted octanol–water partition coefficient (Wildman–Crippen LogP) is 15.9. The summed E-state index contributed by atoms with van der Waals surface area (Å²) in [4.78, 5) is 0. The summed E-state index contributed by atoms with van der Waals surface area (Å²) in [5.41, 5.74) is 0. The summed E-state index contributed by atoms with van der Waals surface area (Å²) >= 11 is 0. The SMILES string of the molecule is Br.CCCCCCCCCCCCCCCC[PH](CCCCCCCC)(CCCCCCCC)CCCCCCCC. The minimum atomic E-state index is -1.10. The summed E-state index contributed by atoms with van der Waals surface area (Å²) in [7, 11) is -1.10. The number of halogens is 1. The van der Waals surface area contributed by atoms with E-state index in [-0.39, 0.29) is 17.0 Å². The molecule has 258 valence electrons. The van der Waals surface area contributed by atoms with Crippen molar-refractivity contribution in [3.05, 3.63) is 0 Å². The van der Waals surface area contributed by atoms with Gasteiger partial charge >= 0.3 is 239 Å². The molecule has 0 radical (unpaired) electrons. The molecule has 42 heavy (non-hydrogen) atoms.